The zero-order chi connectivity index (χ0) is 10.1. The second-order valence-corrected chi connectivity index (χ2v) is 6.04. The first-order valence-corrected chi connectivity index (χ1v) is 6.78. The molecule has 78 valence electrons. The molecule has 0 aliphatic heterocycles. The fourth-order valence-electron chi connectivity index (χ4n) is 1.75. The zero-order valence-electron chi connectivity index (χ0n) is 8.66. The monoisotopic (exact) mass is 273 g/mol. The van der Waals surface area contributed by atoms with Gasteiger partial charge in [-0.25, -0.2) is 0 Å². The summed E-state index contributed by atoms with van der Waals surface area (Å²) in [5, 5.41) is 2.15. The van der Waals surface area contributed by atoms with Gasteiger partial charge in [0.25, 0.3) is 0 Å². The first-order chi connectivity index (χ1) is 6.68. The van der Waals surface area contributed by atoms with Gasteiger partial charge in [-0.1, -0.05) is 0 Å². The van der Waals surface area contributed by atoms with E-state index in [1.165, 1.54) is 22.2 Å². The molecule has 1 fully saturated rings. The van der Waals surface area contributed by atoms with Crippen molar-refractivity contribution in [2.45, 2.75) is 32.4 Å². The Morgan fingerprint density at radius 3 is 2.86 bits per heavy atom. The van der Waals surface area contributed by atoms with Crippen LogP contribution in [0.25, 0.3) is 0 Å². The molecule has 0 radical (unpaired) electrons. The Morgan fingerprint density at radius 1 is 1.64 bits per heavy atom. The first-order valence-electron chi connectivity index (χ1n) is 5.10. The summed E-state index contributed by atoms with van der Waals surface area (Å²) in [6, 6.07) is 2.87. The predicted molar refractivity (Wildman–Crippen MR) is 65.7 cm³/mol. The quantitative estimate of drug-likeness (QED) is 0.808. The highest BCUT2D eigenvalue weighted by Crippen LogP contribution is 2.35. The SMILES string of the molecule is CC(C1CC1)N(C)Cc1sccc1Br. The smallest absolute Gasteiger partial charge is 0.0339 e. The van der Waals surface area contributed by atoms with Gasteiger partial charge in [0, 0.05) is 21.9 Å². The van der Waals surface area contributed by atoms with Gasteiger partial charge in [-0.15, -0.1) is 11.3 Å². The molecule has 0 bridgehead atoms. The lowest BCUT2D eigenvalue weighted by Crippen LogP contribution is -2.29. The number of halogens is 1. The zero-order valence-corrected chi connectivity index (χ0v) is 11.1. The van der Waals surface area contributed by atoms with E-state index in [1.807, 2.05) is 11.3 Å². The van der Waals surface area contributed by atoms with Gasteiger partial charge < -0.3 is 0 Å². The average molecular weight is 274 g/mol. The summed E-state index contributed by atoms with van der Waals surface area (Å²) in [5.74, 6) is 0.957. The van der Waals surface area contributed by atoms with Gasteiger partial charge in [-0.05, 0) is 60.1 Å². The summed E-state index contributed by atoms with van der Waals surface area (Å²) in [5.41, 5.74) is 0. The predicted octanol–water partition coefficient (Wildman–Crippen LogP) is 3.74. The molecule has 1 aromatic rings. The van der Waals surface area contributed by atoms with Crippen LogP contribution in [0.2, 0.25) is 0 Å². The van der Waals surface area contributed by atoms with Gasteiger partial charge in [-0.2, -0.15) is 0 Å². The van der Waals surface area contributed by atoms with Gasteiger partial charge in [0.15, 0.2) is 0 Å². The standard InChI is InChI=1S/C11H16BrNS/c1-8(9-3-4-9)13(2)7-11-10(12)5-6-14-11/h5-6,8-9H,3-4,7H2,1-2H3. The fraction of sp³-hybridized carbons (Fsp3) is 0.636. The summed E-state index contributed by atoms with van der Waals surface area (Å²) in [4.78, 5) is 3.91. The third-order valence-electron chi connectivity index (χ3n) is 3.08. The molecular formula is C11H16BrNS. The van der Waals surface area contributed by atoms with E-state index in [2.05, 4.69) is 46.2 Å². The largest absolute Gasteiger partial charge is 0.298 e. The number of rotatable bonds is 4. The molecular weight excluding hydrogens is 258 g/mol. The fourth-order valence-corrected chi connectivity index (χ4v) is 3.29. The molecule has 1 unspecified atom stereocenters. The molecule has 1 heterocycles. The lowest BCUT2D eigenvalue weighted by Gasteiger charge is -2.24. The average Bonchev–Trinajstić information content (AvgIpc) is 2.92. The second kappa shape index (κ2) is 4.33. The minimum absolute atomic E-state index is 0.740. The van der Waals surface area contributed by atoms with Crippen molar-refractivity contribution in [3.63, 3.8) is 0 Å². The Hall–Kier alpha value is 0.140. The molecule has 1 atom stereocenters. The molecule has 2 rings (SSSR count). The molecule has 1 aliphatic carbocycles. The topological polar surface area (TPSA) is 3.24 Å². The highest BCUT2D eigenvalue weighted by Gasteiger charge is 2.30. The Morgan fingerprint density at radius 2 is 2.36 bits per heavy atom. The molecule has 0 N–H and O–H groups in total. The van der Waals surface area contributed by atoms with E-state index in [0.29, 0.717) is 0 Å². The van der Waals surface area contributed by atoms with E-state index < -0.39 is 0 Å². The molecule has 1 nitrogen and oxygen atoms in total. The number of hydrogen-bond donors (Lipinski definition) is 0. The van der Waals surface area contributed by atoms with Crippen molar-refractivity contribution in [3.8, 4) is 0 Å². The number of nitrogens with zero attached hydrogens (tertiary/aromatic N) is 1. The lowest BCUT2D eigenvalue weighted by molar-refractivity contribution is 0.228. The van der Waals surface area contributed by atoms with Crippen molar-refractivity contribution in [1.82, 2.24) is 4.90 Å². The van der Waals surface area contributed by atoms with Crippen LogP contribution in [0.15, 0.2) is 15.9 Å². The van der Waals surface area contributed by atoms with Crippen LogP contribution in [0, 0.1) is 5.92 Å². The molecule has 1 saturated carbocycles. The van der Waals surface area contributed by atoms with Crippen LogP contribution >= 0.6 is 27.3 Å². The number of hydrogen-bond acceptors (Lipinski definition) is 2. The van der Waals surface area contributed by atoms with Gasteiger partial charge in [0.1, 0.15) is 0 Å². The maximum atomic E-state index is 3.58. The lowest BCUT2D eigenvalue weighted by atomic mass is 10.2. The number of thiophene rings is 1. The summed E-state index contributed by atoms with van der Waals surface area (Å²) in [7, 11) is 2.23. The van der Waals surface area contributed by atoms with E-state index >= 15 is 0 Å². The highest BCUT2D eigenvalue weighted by atomic mass is 79.9. The van der Waals surface area contributed by atoms with Gasteiger partial charge in [0.05, 0.1) is 0 Å². The van der Waals surface area contributed by atoms with Crippen molar-refractivity contribution in [3.05, 3.63) is 20.8 Å². The van der Waals surface area contributed by atoms with Gasteiger partial charge in [-0.3, -0.25) is 4.90 Å². The molecule has 0 spiro atoms. The molecule has 0 saturated heterocycles. The Bertz CT molecular complexity index is 306. The molecule has 0 aromatic carbocycles. The van der Waals surface area contributed by atoms with Crippen LogP contribution in [0.3, 0.4) is 0 Å². The highest BCUT2D eigenvalue weighted by molar-refractivity contribution is 9.10. The third kappa shape index (κ3) is 2.38. The Kier molecular flexibility index (Phi) is 3.30. The van der Waals surface area contributed by atoms with E-state index in [4.69, 9.17) is 0 Å². The van der Waals surface area contributed by atoms with Crippen LogP contribution in [0.1, 0.15) is 24.6 Å². The maximum absolute atomic E-state index is 3.58. The summed E-state index contributed by atoms with van der Waals surface area (Å²) in [6.45, 7) is 3.43. The van der Waals surface area contributed by atoms with Crippen molar-refractivity contribution in [2.24, 2.45) is 5.92 Å². The molecule has 1 aliphatic rings. The van der Waals surface area contributed by atoms with Crippen molar-refractivity contribution in [2.75, 3.05) is 7.05 Å². The third-order valence-corrected chi connectivity index (χ3v) is 4.99. The minimum Gasteiger partial charge on any atom is -0.298 e. The van der Waals surface area contributed by atoms with E-state index in [1.54, 1.807) is 0 Å². The molecule has 0 amide bonds. The minimum atomic E-state index is 0.740. The van der Waals surface area contributed by atoms with Gasteiger partial charge in [0.2, 0.25) is 0 Å². The summed E-state index contributed by atoms with van der Waals surface area (Å²) in [6.07, 6.45) is 2.86. The molecule has 1 aromatic heterocycles. The van der Waals surface area contributed by atoms with Crippen LogP contribution in [0.4, 0.5) is 0 Å². The van der Waals surface area contributed by atoms with Crippen molar-refractivity contribution >= 4 is 27.3 Å². The summed E-state index contributed by atoms with van der Waals surface area (Å²) < 4.78 is 1.26. The second-order valence-electron chi connectivity index (χ2n) is 4.18. The first kappa shape index (κ1) is 10.7. The molecule has 3 heteroatoms. The van der Waals surface area contributed by atoms with E-state index in [-0.39, 0.29) is 0 Å². The maximum Gasteiger partial charge on any atom is 0.0339 e. The van der Waals surface area contributed by atoms with Crippen molar-refractivity contribution in [1.29, 1.82) is 0 Å². The molecule has 14 heavy (non-hydrogen) atoms. The van der Waals surface area contributed by atoms with E-state index in [0.717, 1.165) is 18.5 Å². The van der Waals surface area contributed by atoms with Crippen LogP contribution < -0.4 is 0 Å². The Balaban J connectivity index is 1.93. The van der Waals surface area contributed by atoms with Crippen LogP contribution in [-0.2, 0) is 6.54 Å². The summed E-state index contributed by atoms with van der Waals surface area (Å²) >= 11 is 5.42. The van der Waals surface area contributed by atoms with Gasteiger partial charge >= 0.3 is 0 Å². The van der Waals surface area contributed by atoms with Crippen molar-refractivity contribution < 1.29 is 0 Å². The van der Waals surface area contributed by atoms with Crippen LogP contribution in [-0.4, -0.2) is 18.0 Å². The van der Waals surface area contributed by atoms with E-state index in [9.17, 15) is 0 Å². The Labute approximate surface area is 98.2 Å². The normalized spacial score (nSPS) is 18.9. The van der Waals surface area contributed by atoms with Crippen LogP contribution in [0.5, 0.6) is 0 Å².